The van der Waals surface area contributed by atoms with E-state index in [2.05, 4.69) is 4.99 Å². The summed E-state index contributed by atoms with van der Waals surface area (Å²) in [6.45, 7) is 10.5. The topological polar surface area (TPSA) is 34.1 Å². The maximum Gasteiger partial charge on any atom is 0.496 e. The fraction of sp³-hybridized carbons (Fsp3) is 0.643. The van der Waals surface area contributed by atoms with Crippen molar-refractivity contribution < 1.29 is 13.7 Å². The third-order valence-electron chi connectivity index (χ3n) is 4.46. The van der Waals surface area contributed by atoms with Crippen LogP contribution in [0.3, 0.4) is 0 Å². The number of halogens is 1. The van der Waals surface area contributed by atoms with Crippen molar-refractivity contribution in [3.8, 4) is 0 Å². The number of nitrogens with zero attached hydrogens (tertiary/aromatic N) is 2. The van der Waals surface area contributed by atoms with Crippen LogP contribution < -0.4 is 0 Å². The summed E-state index contributed by atoms with van der Waals surface area (Å²) in [5.74, 6) is -0.255. The lowest BCUT2D eigenvalue weighted by Crippen LogP contribution is -2.41. The van der Waals surface area contributed by atoms with Crippen LogP contribution in [0.25, 0.3) is 0 Å². The predicted octanol–water partition coefficient (Wildman–Crippen LogP) is 2.47. The highest BCUT2D eigenvalue weighted by atomic mass is 19.1. The molecule has 0 amide bonds. The highest BCUT2D eigenvalue weighted by molar-refractivity contribution is 6.55. The molecule has 1 fully saturated rings. The van der Waals surface area contributed by atoms with Crippen molar-refractivity contribution in [2.75, 3.05) is 6.54 Å². The molecule has 0 N–H and O–H groups in total. The Labute approximate surface area is 119 Å². The molecule has 3 heterocycles. The molecule has 0 spiro atoms. The zero-order valence-electron chi connectivity index (χ0n) is 12.6. The Morgan fingerprint density at radius 3 is 2.50 bits per heavy atom. The number of fused-ring (bicyclic) bond motifs is 1. The van der Waals surface area contributed by atoms with Crippen molar-refractivity contribution in [2.24, 2.45) is 4.99 Å². The molecule has 1 saturated heterocycles. The van der Waals surface area contributed by atoms with Crippen LogP contribution in [0.5, 0.6) is 0 Å². The second-order valence-electron chi connectivity index (χ2n) is 6.66. The van der Waals surface area contributed by atoms with Gasteiger partial charge in [0.05, 0.1) is 17.7 Å². The lowest BCUT2D eigenvalue weighted by molar-refractivity contribution is 0.00578. The number of hydrogen-bond donors (Lipinski definition) is 0. The average Bonchev–Trinajstić information content (AvgIpc) is 2.77. The largest absolute Gasteiger partial charge is 0.496 e. The van der Waals surface area contributed by atoms with Crippen molar-refractivity contribution in [3.63, 3.8) is 0 Å². The monoisotopic (exact) mass is 278 g/mol. The highest BCUT2D eigenvalue weighted by Gasteiger charge is 2.52. The van der Waals surface area contributed by atoms with Gasteiger partial charge < -0.3 is 14.2 Å². The standard InChI is InChI=1S/C14H20BFN2O2/c1-9-7-18-8-10(6-11(16)12(18)17-9)15-19-13(2,3)14(4,5)20-15/h6,8,12H,7H2,1-5H3. The molecule has 0 radical (unpaired) electrons. The molecule has 0 aromatic heterocycles. The summed E-state index contributed by atoms with van der Waals surface area (Å²) in [5, 5.41) is 0. The molecule has 6 heteroatoms. The summed E-state index contributed by atoms with van der Waals surface area (Å²) in [7, 11) is -0.535. The van der Waals surface area contributed by atoms with Gasteiger partial charge in [-0.1, -0.05) is 0 Å². The summed E-state index contributed by atoms with van der Waals surface area (Å²) in [4.78, 5) is 6.16. The second-order valence-corrected chi connectivity index (χ2v) is 6.66. The Morgan fingerprint density at radius 1 is 1.30 bits per heavy atom. The van der Waals surface area contributed by atoms with Gasteiger partial charge in [0.25, 0.3) is 0 Å². The van der Waals surface area contributed by atoms with Gasteiger partial charge in [-0.25, -0.2) is 4.39 Å². The molecular formula is C14H20BFN2O2. The molecule has 4 nitrogen and oxygen atoms in total. The molecule has 3 aliphatic heterocycles. The first-order valence-electron chi connectivity index (χ1n) is 6.93. The summed E-state index contributed by atoms with van der Waals surface area (Å²) >= 11 is 0. The molecule has 0 bridgehead atoms. The molecule has 0 saturated carbocycles. The number of hydrogen-bond acceptors (Lipinski definition) is 4. The van der Waals surface area contributed by atoms with Crippen molar-refractivity contribution in [3.05, 3.63) is 23.6 Å². The van der Waals surface area contributed by atoms with Gasteiger partial charge in [0.1, 0.15) is 5.83 Å². The van der Waals surface area contributed by atoms with E-state index in [-0.39, 0.29) is 5.83 Å². The van der Waals surface area contributed by atoms with Crippen molar-refractivity contribution in [2.45, 2.75) is 52.0 Å². The molecule has 3 aliphatic rings. The average molecular weight is 278 g/mol. The molecule has 1 unspecified atom stereocenters. The van der Waals surface area contributed by atoms with Crippen molar-refractivity contribution >= 4 is 12.8 Å². The van der Waals surface area contributed by atoms with E-state index in [4.69, 9.17) is 9.31 Å². The third-order valence-corrected chi connectivity index (χ3v) is 4.46. The first kappa shape index (κ1) is 13.8. The zero-order valence-corrected chi connectivity index (χ0v) is 12.6. The Bertz CT molecular complexity index is 523. The molecule has 108 valence electrons. The van der Waals surface area contributed by atoms with Crippen LogP contribution in [0.15, 0.2) is 28.6 Å². The Hall–Kier alpha value is -1.14. The summed E-state index contributed by atoms with van der Waals surface area (Å²) in [5.41, 5.74) is 0.807. The van der Waals surface area contributed by atoms with E-state index in [9.17, 15) is 4.39 Å². The van der Waals surface area contributed by atoms with Crippen LogP contribution in [0.4, 0.5) is 4.39 Å². The molecular weight excluding hydrogens is 258 g/mol. The number of aliphatic imine (C=N–C) groups is 1. The zero-order chi connectivity index (χ0) is 14.7. The molecule has 20 heavy (non-hydrogen) atoms. The summed E-state index contributed by atoms with van der Waals surface area (Å²) < 4.78 is 26.1. The summed E-state index contributed by atoms with van der Waals surface area (Å²) in [6.07, 6.45) is 2.89. The van der Waals surface area contributed by atoms with Crippen LogP contribution in [-0.4, -0.2) is 41.6 Å². The number of rotatable bonds is 1. The van der Waals surface area contributed by atoms with Gasteiger partial charge in [-0.05, 0) is 40.7 Å². The highest BCUT2D eigenvalue weighted by Crippen LogP contribution is 2.40. The minimum absolute atomic E-state index is 0.255. The van der Waals surface area contributed by atoms with E-state index in [0.29, 0.717) is 12.0 Å². The predicted molar refractivity (Wildman–Crippen MR) is 77.0 cm³/mol. The van der Waals surface area contributed by atoms with E-state index >= 15 is 0 Å². The second kappa shape index (κ2) is 4.18. The summed E-state index contributed by atoms with van der Waals surface area (Å²) in [6, 6.07) is 0. The van der Waals surface area contributed by atoms with Crippen molar-refractivity contribution in [1.82, 2.24) is 4.90 Å². The van der Waals surface area contributed by atoms with Crippen LogP contribution in [0.1, 0.15) is 34.6 Å². The molecule has 0 aromatic rings. The Morgan fingerprint density at radius 2 is 1.90 bits per heavy atom. The lowest BCUT2D eigenvalue weighted by Gasteiger charge is -2.32. The fourth-order valence-electron chi connectivity index (χ4n) is 2.58. The quantitative estimate of drug-likeness (QED) is 0.691. The van der Waals surface area contributed by atoms with Crippen LogP contribution in [0, 0.1) is 0 Å². The van der Waals surface area contributed by atoms with E-state index in [1.807, 2.05) is 45.7 Å². The lowest BCUT2D eigenvalue weighted by atomic mass is 9.77. The SMILES string of the molecule is CC1=NC2C(F)=CC(B3OC(C)(C)C(C)(C)O3)=CN2C1. The third kappa shape index (κ3) is 2.02. The molecule has 3 rings (SSSR count). The normalized spacial score (nSPS) is 30.9. The maximum absolute atomic E-state index is 14.2. The van der Waals surface area contributed by atoms with Crippen LogP contribution in [0.2, 0.25) is 0 Å². The van der Waals surface area contributed by atoms with Gasteiger partial charge in [-0.3, -0.25) is 4.99 Å². The van der Waals surface area contributed by atoms with Crippen molar-refractivity contribution in [1.29, 1.82) is 0 Å². The molecule has 1 atom stereocenters. The van der Waals surface area contributed by atoms with E-state index in [1.165, 1.54) is 6.08 Å². The fourth-order valence-corrected chi connectivity index (χ4v) is 2.58. The Balaban J connectivity index is 1.85. The van der Waals surface area contributed by atoms with Crippen LogP contribution >= 0.6 is 0 Å². The van der Waals surface area contributed by atoms with Gasteiger partial charge in [0.15, 0.2) is 6.17 Å². The van der Waals surface area contributed by atoms with Gasteiger partial charge in [-0.15, -0.1) is 0 Å². The van der Waals surface area contributed by atoms with E-state index in [0.717, 1.165) is 5.71 Å². The van der Waals surface area contributed by atoms with Gasteiger partial charge in [-0.2, -0.15) is 0 Å². The smallest absolute Gasteiger partial charge is 0.399 e. The minimum Gasteiger partial charge on any atom is -0.399 e. The first-order valence-corrected chi connectivity index (χ1v) is 6.93. The minimum atomic E-state index is -0.535. The van der Waals surface area contributed by atoms with E-state index in [1.54, 1.807) is 0 Å². The van der Waals surface area contributed by atoms with E-state index < -0.39 is 24.5 Å². The van der Waals surface area contributed by atoms with Crippen LogP contribution in [-0.2, 0) is 9.31 Å². The Kier molecular flexibility index (Phi) is 2.89. The van der Waals surface area contributed by atoms with Gasteiger partial charge in [0, 0.05) is 17.4 Å². The molecule has 0 aromatic carbocycles. The maximum atomic E-state index is 14.2. The number of allylic oxidation sites excluding steroid dienone is 2. The molecule has 0 aliphatic carbocycles. The first-order chi connectivity index (χ1) is 9.19. The van der Waals surface area contributed by atoms with Gasteiger partial charge >= 0.3 is 7.12 Å². The van der Waals surface area contributed by atoms with Gasteiger partial charge in [0.2, 0.25) is 0 Å².